The molecule has 0 radical (unpaired) electrons. The molecule has 2 aromatic rings. The average molecular weight is 363 g/mol. The normalized spacial score (nSPS) is 11.4. The van der Waals surface area contributed by atoms with Crippen LogP contribution in [0.2, 0.25) is 0 Å². The summed E-state index contributed by atoms with van der Waals surface area (Å²) in [6.45, 7) is 8.40. The average Bonchev–Trinajstić information content (AvgIpc) is 3.05. The fourth-order valence-electron chi connectivity index (χ4n) is 2.35. The fraction of sp³-hybridized carbons (Fsp3) is 0.500. The number of fused-ring (bicyclic) bond motifs is 1. The molecule has 0 spiro atoms. The van der Waals surface area contributed by atoms with Crippen LogP contribution >= 0.6 is 0 Å². The van der Waals surface area contributed by atoms with Crippen molar-refractivity contribution in [1.82, 2.24) is 15.3 Å². The zero-order valence-electron chi connectivity index (χ0n) is 15.6. The highest BCUT2D eigenvalue weighted by molar-refractivity contribution is 5.96. The molecule has 26 heavy (non-hydrogen) atoms. The van der Waals surface area contributed by atoms with E-state index in [1.54, 1.807) is 25.3 Å². The Hall–Kier alpha value is -2.61. The van der Waals surface area contributed by atoms with Crippen LogP contribution in [0.3, 0.4) is 0 Å². The van der Waals surface area contributed by atoms with E-state index in [1.807, 2.05) is 20.8 Å². The maximum atomic E-state index is 12.0. The zero-order chi connectivity index (χ0) is 19.2. The molecule has 0 aliphatic heterocycles. The monoisotopic (exact) mass is 363 g/mol. The summed E-state index contributed by atoms with van der Waals surface area (Å²) in [7, 11) is 0. The van der Waals surface area contributed by atoms with Gasteiger partial charge < -0.3 is 9.47 Å². The van der Waals surface area contributed by atoms with Gasteiger partial charge >= 0.3 is 5.97 Å². The highest BCUT2D eigenvalue weighted by atomic mass is 16.7. The number of carbonyl (C=O) groups is 2. The predicted molar refractivity (Wildman–Crippen MR) is 95.8 cm³/mol. The first-order chi connectivity index (χ1) is 12.3. The molecule has 0 saturated heterocycles. The van der Waals surface area contributed by atoms with Gasteiger partial charge in [0.05, 0.1) is 37.1 Å². The second kappa shape index (κ2) is 8.66. The number of aromatic nitrogens is 2. The van der Waals surface area contributed by atoms with E-state index in [0.29, 0.717) is 49.4 Å². The quantitative estimate of drug-likeness (QED) is 0.319. The SMILES string of the molecule is CCOC(=O)c1cc(OCCCN(C=O)OC(C)(C)C)c2[nH]ncc2c1. The van der Waals surface area contributed by atoms with Crippen LogP contribution in [0.4, 0.5) is 0 Å². The van der Waals surface area contributed by atoms with E-state index in [-0.39, 0.29) is 0 Å². The van der Waals surface area contributed by atoms with Gasteiger partial charge in [0.1, 0.15) is 11.3 Å². The maximum Gasteiger partial charge on any atom is 0.338 e. The summed E-state index contributed by atoms with van der Waals surface area (Å²) in [5.41, 5.74) is 0.662. The molecule has 1 N–H and O–H groups in total. The summed E-state index contributed by atoms with van der Waals surface area (Å²) in [5.74, 6) is 0.101. The Balaban J connectivity index is 2.00. The summed E-state index contributed by atoms with van der Waals surface area (Å²) in [6.07, 6.45) is 2.84. The van der Waals surface area contributed by atoms with Crippen molar-refractivity contribution >= 4 is 23.3 Å². The molecule has 0 bridgehead atoms. The molecule has 0 aliphatic rings. The van der Waals surface area contributed by atoms with E-state index >= 15 is 0 Å². The van der Waals surface area contributed by atoms with Crippen molar-refractivity contribution in [3.8, 4) is 5.75 Å². The van der Waals surface area contributed by atoms with E-state index in [1.165, 1.54) is 5.06 Å². The number of esters is 1. The number of nitrogens with one attached hydrogen (secondary N) is 1. The lowest BCUT2D eigenvalue weighted by Gasteiger charge is -2.26. The highest BCUT2D eigenvalue weighted by Gasteiger charge is 2.16. The molecule has 2 rings (SSSR count). The fourth-order valence-corrected chi connectivity index (χ4v) is 2.35. The van der Waals surface area contributed by atoms with Gasteiger partial charge in [0.25, 0.3) is 0 Å². The molecule has 0 saturated carbocycles. The third-order valence-corrected chi connectivity index (χ3v) is 3.31. The lowest BCUT2D eigenvalue weighted by atomic mass is 10.1. The van der Waals surface area contributed by atoms with Gasteiger partial charge in [-0.2, -0.15) is 5.10 Å². The van der Waals surface area contributed by atoms with Crippen molar-refractivity contribution in [2.45, 2.75) is 39.7 Å². The minimum absolute atomic E-state index is 0.299. The Morgan fingerprint density at radius 3 is 2.77 bits per heavy atom. The lowest BCUT2D eigenvalue weighted by Crippen LogP contribution is -2.34. The first-order valence-corrected chi connectivity index (χ1v) is 8.52. The number of amides is 1. The van der Waals surface area contributed by atoms with Crippen molar-refractivity contribution in [1.29, 1.82) is 0 Å². The minimum Gasteiger partial charge on any atom is -0.491 e. The number of hydrogen-bond donors (Lipinski definition) is 1. The second-order valence-corrected chi connectivity index (χ2v) is 6.68. The van der Waals surface area contributed by atoms with E-state index in [2.05, 4.69) is 10.2 Å². The van der Waals surface area contributed by atoms with Gasteiger partial charge in [-0.05, 0) is 39.8 Å². The van der Waals surface area contributed by atoms with Gasteiger partial charge in [-0.25, -0.2) is 9.86 Å². The van der Waals surface area contributed by atoms with Crippen molar-refractivity contribution in [2.75, 3.05) is 19.8 Å². The lowest BCUT2D eigenvalue weighted by molar-refractivity contribution is -0.216. The topological polar surface area (TPSA) is 93.8 Å². The molecule has 0 unspecified atom stereocenters. The minimum atomic E-state index is -0.447. The summed E-state index contributed by atoms with van der Waals surface area (Å²) in [4.78, 5) is 28.6. The Bertz CT molecular complexity index is 751. The standard InChI is InChI=1S/C18H25N3O5/c1-5-24-17(23)13-9-14-11-19-20-16(14)15(10-13)25-8-6-7-21(12-22)26-18(2,3)4/h9-12H,5-8H2,1-4H3,(H,19,20). The molecule has 8 heteroatoms. The number of ether oxygens (including phenoxy) is 2. The van der Waals surface area contributed by atoms with Gasteiger partial charge in [0.2, 0.25) is 6.41 Å². The van der Waals surface area contributed by atoms with Crippen molar-refractivity contribution in [2.24, 2.45) is 0 Å². The Kier molecular flexibility index (Phi) is 6.57. The van der Waals surface area contributed by atoms with Gasteiger partial charge in [-0.1, -0.05) is 0 Å². The number of carbonyl (C=O) groups excluding carboxylic acids is 2. The molecule has 1 aromatic carbocycles. The molecule has 1 heterocycles. The third-order valence-electron chi connectivity index (χ3n) is 3.31. The van der Waals surface area contributed by atoms with E-state index in [4.69, 9.17) is 14.3 Å². The van der Waals surface area contributed by atoms with Gasteiger partial charge in [0.15, 0.2) is 0 Å². The van der Waals surface area contributed by atoms with Gasteiger partial charge in [-0.15, -0.1) is 0 Å². The van der Waals surface area contributed by atoms with Crippen LogP contribution in [0.1, 0.15) is 44.5 Å². The van der Waals surface area contributed by atoms with Crippen LogP contribution in [-0.4, -0.2) is 53.0 Å². The van der Waals surface area contributed by atoms with Gasteiger partial charge in [-0.3, -0.25) is 14.7 Å². The number of aromatic amines is 1. The van der Waals surface area contributed by atoms with E-state index in [0.717, 1.165) is 5.39 Å². The van der Waals surface area contributed by atoms with Crippen LogP contribution < -0.4 is 4.74 Å². The predicted octanol–water partition coefficient (Wildman–Crippen LogP) is 2.70. The Morgan fingerprint density at radius 1 is 1.35 bits per heavy atom. The summed E-state index contributed by atoms with van der Waals surface area (Å²) < 4.78 is 10.8. The van der Waals surface area contributed by atoms with Crippen molar-refractivity contribution in [3.05, 3.63) is 23.9 Å². The molecule has 142 valence electrons. The molecular formula is C18H25N3O5. The van der Waals surface area contributed by atoms with Crippen LogP contribution in [0, 0.1) is 0 Å². The highest BCUT2D eigenvalue weighted by Crippen LogP contribution is 2.26. The molecule has 0 aliphatic carbocycles. The van der Waals surface area contributed by atoms with E-state index < -0.39 is 11.6 Å². The zero-order valence-corrected chi connectivity index (χ0v) is 15.6. The molecule has 0 atom stereocenters. The van der Waals surface area contributed by atoms with Crippen molar-refractivity contribution < 1.29 is 23.9 Å². The van der Waals surface area contributed by atoms with Crippen LogP contribution in [0.5, 0.6) is 5.75 Å². The maximum absolute atomic E-state index is 12.0. The number of hydrogen-bond acceptors (Lipinski definition) is 6. The second-order valence-electron chi connectivity index (χ2n) is 6.68. The number of benzene rings is 1. The molecule has 1 aromatic heterocycles. The third kappa shape index (κ3) is 5.45. The molecule has 1 amide bonds. The molecular weight excluding hydrogens is 338 g/mol. The van der Waals surface area contributed by atoms with Gasteiger partial charge in [0, 0.05) is 11.8 Å². The van der Waals surface area contributed by atoms with Crippen LogP contribution in [0.15, 0.2) is 18.3 Å². The number of hydroxylamine groups is 2. The summed E-state index contributed by atoms with van der Waals surface area (Å²) in [5, 5.41) is 8.86. The molecule has 8 nitrogen and oxygen atoms in total. The largest absolute Gasteiger partial charge is 0.491 e. The summed E-state index contributed by atoms with van der Waals surface area (Å²) in [6, 6.07) is 3.33. The number of nitrogens with zero attached hydrogens (tertiary/aromatic N) is 2. The van der Waals surface area contributed by atoms with Crippen molar-refractivity contribution in [3.63, 3.8) is 0 Å². The first-order valence-electron chi connectivity index (χ1n) is 8.52. The van der Waals surface area contributed by atoms with Crippen LogP contribution in [-0.2, 0) is 14.4 Å². The Morgan fingerprint density at radius 2 is 2.12 bits per heavy atom. The van der Waals surface area contributed by atoms with E-state index in [9.17, 15) is 9.59 Å². The smallest absolute Gasteiger partial charge is 0.338 e. The molecule has 0 fully saturated rings. The Labute approximate surface area is 152 Å². The number of H-pyrrole nitrogens is 1. The van der Waals surface area contributed by atoms with Crippen LogP contribution in [0.25, 0.3) is 10.9 Å². The summed E-state index contributed by atoms with van der Waals surface area (Å²) >= 11 is 0. The first kappa shape index (κ1) is 19.7. The number of rotatable bonds is 9.